The largest absolute Gasteiger partial charge is 0.384 e. The Morgan fingerprint density at radius 2 is 2.26 bits per heavy atom. The first-order valence-electron chi connectivity index (χ1n) is 6.77. The highest BCUT2D eigenvalue weighted by atomic mass is 32.2. The smallest absolute Gasteiger partial charge is 0.152 e. The van der Waals surface area contributed by atoms with Crippen molar-refractivity contribution >= 4 is 15.5 Å². The number of benzene rings is 1. The van der Waals surface area contributed by atoms with Crippen LogP contribution in [0.5, 0.6) is 0 Å². The van der Waals surface area contributed by atoms with Gasteiger partial charge in [-0.05, 0) is 37.0 Å². The molecule has 1 saturated heterocycles. The van der Waals surface area contributed by atoms with Crippen LogP contribution in [0.25, 0.3) is 0 Å². The molecule has 0 radical (unpaired) electrons. The molecule has 1 unspecified atom stereocenters. The van der Waals surface area contributed by atoms with Crippen molar-refractivity contribution in [2.75, 3.05) is 23.4 Å². The number of hydrogen-bond donors (Lipinski definition) is 2. The first kappa shape index (κ1) is 12.9. The Morgan fingerprint density at radius 1 is 1.42 bits per heavy atom. The maximum atomic E-state index is 11.6. The average molecular weight is 280 g/mol. The predicted molar refractivity (Wildman–Crippen MR) is 77.2 cm³/mol. The van der Waals surface area contributed by atoms with Crippen molar-refractivity contribution in [1.82, 2.24) is 5.32 Å². The molecule has 0 spiro atoms. The average Bonchev–Trinajstić information content (AvgIpc) is 2.91. The zero-order valence-corrected chi connectivity index (χ0v) is 12.0. The molecule has 1 fully saturated rings. The van der Waals surface area contributed by atoms with E-state index >= 15 is 0 Å². The zero-order chi connectivity index (χ0) is 13.5. The fourth-order valence-corrected chi connectivity index (χ4v) is 5.04. The molecular weight excluding hydrogens is 260 g/mol. The SMILES string of the molecule is CC1(NCc2ccc3c(c2)NCC3)CCS(=O)(=O)C1. The van der Waals surface area contributed by atoms with Gasteiger partial charge < -0.3 is 10.6 Å². The summed E-state index contributed by atoms with van der Waals surface area (Å²) in [5.41, 5.74) is 3.53. The van der Waals surface area contributed by atoms with E-state index in [0.29, 0.717) is 12.2 Å². The molecule has 1 aromatic carbocycles. The molecule has 5 heteroatoms. The molecule has 4 nitrogen and oxygen atoms in total. The highest BCUT2D eigenvalue weighted by Crippen LogP contribution is 2.25. The second-order valence-electron chi connectivity index (χ2n) is 5.92. The summed E-state index contributed by atoms with van der Waals surface area (Å²) >= 11 is 0. The van der Waals surface area contributed by atoms with Crippen molar-refractivity contribution < 1.29 is 8.42 Å². The van der Waals surface area contributed by atoms with Gasteiger partial charge in [0.25, 0.3) is 0 Å². The van der Waals surface area contributed by atoms with Crippen LogP contribution < -0.4 is 10.6 Å². The summed E-state index contributed by atoms with van der Waals surface area (Å²) < 4.78 is 23.1. The number of sulfone groups is 1. The van der Waals surface area contributed by atoms with Gasteiger partial charge in [-0.3, -0.25) is 0 Å². The van der Waals surface area contributed by atoms with Gasteiger partial charge >= 0.3 is 0 Å². The minimum absolute atomic E-state index is 0.253. The third-order valence-electron chi connectivity index (χ3n) is 4.11. The number of hydrogen-bond acceptors (Lipinski definition) is 4. The quantitative estimate of drug-likeness (QED) is 0.877. The Kier molecular flexibility index (Phi) is 3.06. The van der Waals surface area contributed by atoms with Gasteiger partial charge in [0.05, 0.1) is 11.5 Å². The monoisotopic (exact) mass is 280 g/mol. The number of anilines is 1. The van der Waals surface area contributed by atoms with E-state index < -0.39 is 9.84 Å². The van der Waals surface area contributed by atoms with E-state index in [0.717, 1.165) is 19.5 Å². The van der Waals surface area contributed by atoms with Crippen molar-refractivity contribution in [1.29, 1.82) is 0 Å². The molecule has 2 heterocycles. The van der Waals surface area contributed by atoms with E-state index in [2.05, 4.69) is 28.8 Å². The maximum Gasteiger partial charge on any atom is 0.152 e. The van der Waals surface area contributed by atoms with E-state index in [-0.39, 0.29) is 11.3 Å². The molecule has 19 heavy (non-hydrogen) atoms. The lowest BCUT2D eigenvalue weighted by molar-refractivity contribution is 0.395. The highest BCUT2D eigenvalue weighted by molar-refractivity contribution is 7.91. The van der Waals surface area contributed by atoms with Gasteiger partial charge in [-0.25, -0.2) is 8.42 Å². The van der Waals surface area contributed by atoms with Crippen LogP contribution >= 0.6 is 0 Å². The topological polar surface area (TPSA) is 58.2 Å². The molecule has 1 atom stereocenters. The van der Waals surface area contributed by atoms with Crippen molar-refractivity contribution in [2.24, 2.45) is 0 Å². The molecule has 3 rings (SSSR count). The Balaban J connectivity index is 1.67. The van der Waals surface area contributed by atoms with Crippen LogP contribution in [0.15, 0.2) is 18.2 Å². The second-order valence-corrected chi connectivity index (χ2v) is 8.11. The van der Waals surface area contributed by atoms with Gasteiger partial charge in [-0.1, -0.05) is 12.1 Å². The normalized spacial score (nSPS) is 28.1. The van der Waals surface area contributed by atoms with E-state index in [9.17, 15) is 8.42 Å². The summed E-state index contributed by atoms with van der Waals surface area (Å²) in [5.74, 6) is 0.561. The van der Waals surface area contributed by atoms with Crippen LogP contribution in [0.3, 0.4) is 0 Å². The lowest BCUT2D eigenvalue weighted by Gasteiger charge is -2.24. The first-order valence-corrected chi connectivity index (χ1v) is 8.59. The van der Waals surface area contributed by atoms with Gasteiger partial charge in [-0.2, -0.15) is 0 Å². The predicted octanol–water partition coefficient (Wildman–Crippen LogP) is 1.32. The molecule has 0 saturated carbocycles. The number of fused-ring (bicyclic) bond motifs is 1. The second kappa shape index (κ2) is 4.49. The molecule has 2 aliphatic rings. The third kappa shape index (κ3) is 2.77. The highest BCUT2D eigenvalue weighted by Gasteiger charge is 2.37. The summed E-state index contributed by atoms with van der Waals surface area (Å²) in [7, 11) is -2.84. The fraction of sp³-hybridized carbons (Fsp3) is 0.571. The summed E-state index contributed by atoms with van der Waals surface area (Å²) in [6.07, 6.45) is 1.80. The van der Waals surface area contributed by atoms with Crippen LogP contribution in [0.1, 0.15) is 24.5 Å². The zero-order valence-electron chi connectivity index (χ0n) is 11.2. The Labute approximate surface area is 114 Å². The van der Waals surface area contributed by atoms with Crippen molar-refractivity contribution in [3.8, 4) is 0 Å². The minimum Gasteiger partial charge on any atom is -0.384 e. The third-order valence-corrected chi connectivity index (χ3v) is 6.01. The molecule has 0 bridgehead atoms. The number of rotatable bonds is 3. The van der Waals surface area contributed by atoms with Crippen molar-refractivity contribution in [2.45, 2.75) is 31.8 Å². The summed E-state index contributed by atoms with van der Waals surface area (Å²) in [6, 6.07) is 6.47. The molecule has 0 aliphatic carbocycles. The fourth-order valence-electron chi connectivity index (χ4n) is 2.91. The van der Waals surface area contributed by atoms with Crippen molar-refractivity contribution in [3.05, 3.63) is 29.3 Å². The van der Waals surface area contributed by atoms with Crippen LogP contribution in [-0.2, 0) is 22.8 Å². The van der Waals surface area contributed by atoms with E-state index in [1.165, 1.54) is 16.8 Å². The lowest BCUT2D eigenvalue weighted by Crippen LogP contribution is -2.42. The molecule has 2 N–H and O–H groups in total. The maximum absolute atomic E-state index is 11.6. The van der Waals surface area contributed by atoms with E-state index in [1.54, 1.807) is 0 Å². The molecule has 0 aromatic heterocycles. The molecule has 104 valence electrons. The molecule has 1 aromatic rings. The molecule has 0 amide bonds. The summed E-state index contributed by atoms with van der Waals surface area (Å²) in [4.78, 5) is 0. The van der Waals surface area contributed by atoms with Gasteiger partial charge in [0.1, 0.15) is 0 Å². The summed E-state index contributed by atoms with van der Waals surface area (Å²) in [6.45, 7) is 3.74. The van der Waals surface area contributed by atoms with Gasteiger partial charge in [0.15, 0.2) is 9.84 Å². The summed E-state index contributed by atoms with van der Waals surface area (Å²) in [5, 5.41) is 6.78. The Morgan fingerprint density at radius 3 is 3.00 bits per heavy atom. The van der Waals surface area contributed by atoms with E-state index in [1.807, 2.05) is 6.92 Å². The van der Waals surface area contributed by atoms with Crippen LogP contribution in [-0.4, -0.2) is 32.0 Å². The van der Waals surface area contributed by atoms with Crippen LogP contribution in [0.2, 0.25) is 0 Å². The minimum atomic E-state index is -2.84. The van der Waals surface area contributed by atoms with E-state index in [4.69, 9.17) is 0 Å². The van der Waals surface area contributed by atoms with Crippen LogP contribution in [0, 0.1) is 0 Å². The lowest BCUT2D eigenvalue weighted by atomic mass is 10.0. The molecular formula is C14H20N2O2S. The van der Waals surface area contributed by atoms with Gasteiger partial charge in [0.2, 0.25) is 0 Å². The number of nitrogens with one attached hydrogen (secondary N) is 2. The molecule has 2 aliphatic heterocycles. The first-order chi connectivity index (χ1) is 8.96. The van der Waals surface area contributed by atoms with Crippen molar-refractivity contribution in [3.63, 3.8) is 0 Å². The van der Waals surface area contributed by atoms with Gasteiger partial charge in [0, 0.05) is 24.3 Å². The standard InChI is InChI=1S/C14H20N2O2S/c1-14(5-7-19(17,18)10-14)16-9-11-2-3-12-4-6-15-13(12)8-11/h2-3,8,15-16H,4-7,9-10H2,1H3. The Bertz CT molecular complexity index is 597. The van der Waals surface area contributed by atoms with Gasteiger partial charge in [-0.15, -0.1) is 0 Å². The Hall–Kier alpha value is -1.07. The van der Waals surface area contributed by atoms with Crippen LogP contribution in [0.4, 0.5) is 5.69 Å².